The van der Waals surface area contributed by atoms with Crippen LogP contribution in [0.2, 0.25) is 0 Å². The number of esters is 1. The number of hydrogen-bond donors (Lipinski definition) is 5. The topological polar surface area (TPSA) is 187 Å². The molecule has 3 aromatic carbocycles. The highest BCUT2D eigenvalue weighted by molar-refractivity contribution is 7.89. The molecule has 11 nitrogen and oxygen atoms in total. The predicted molar refractivity (Wildman–Crippen MR) is 141 cm³/mol. The summed E-state index contributed by atoms with van der Waals surface area (Å²) >= 11 is 0. The van der Waals surface area contributed by atoms with Gasteiger partial charge in [-0.25, -0.2) is 13.6 Å². The van der Waals surface area contributed by atoms with Crippen LogP contribution in [0.25, 0.3) is 16.8 Å². The largest absolute Gasteiger partial charge is 0.469 e. The Hall–Kier alpha value is -4.52. The van der Waals surface area contributed by atoms with E-state index in [0.29, 0.717) is 33.6 Å². The minimum Gasteiger partial charge on any atom is -0.469 e. The molecule has 4 rings (SSSR count). The zero-order chi connectivity index (χ0) is 27.5. The number of carbonyl (C=O) groups is 2. The standard InChI is InChI=1S/C26H25N5O6S/c1-36-23(32)15-26(14-21(31-37-26)17-5-4-6-18(13-17)24(27)28)25(33)30-19-11-9-16(10-12-19)20-7-2-3-8-22(20)38(29,34)35/h2-14,31H,15H2,1H3,(H3,27,28)(H,30,33)(H2,29,34,35). The number of sulfonamides is 1. The number of rotatable bonds is 8. The Morgan fingerprint density at radius 2 is 1.76 bits per heavy atom. The molecule has 0 spiro atoms. The lowest BCUT2D eigenvalue weighted by Crippen LogP contribution is -2.45. The Morgan fingerprint density at radius 3 is 2.42 bits per heavy atom. The number of hydrogen-bond acceptors (Lipinski definition) is 8. The summed E-state index contributed by atoms with van der Waals surface area (Å²) in [6.07, 6.45) is 1.05. The van der Waals surface area contributed by atoms with E-state index in [9.17, 15) is 18.0 Å². The zero-order valence-corrected chi connectivity index (χ0v) is 21.0. The van der Waals surface area contributed by atoms with Gasteiger partial charge in [0.2, 0.25) is 15.6 Å². The van der Waals surface area contributed by atoms with Crippen molar-refractivity contribution in [2.75, 3.05) is 12.4 Å². The second-order valence-electron chi connectivity index (χ2n) is 8.47. The van der Waals surface area contributed by atoms with Crippen molar-refractivity contribution in [3.8, 4) is 11.1 Å². The lowest BCUT2D eigenvalue weighted by atomic mass is 9.95. The molecule has 0 aliphatic carbocycles. The lowest BCUT2D eigenvalue weighted by Gasteiger charge is -2.23. The zero-order valence-electron chi connectivity index (χ0n) is 20.2. The summed E-state index contributed by atoms with van der Waals surface area (Å²) in [4.78, 5) is 31.2. The molecule has 196 valence electrons. The van der Waals surface area contributed by atoms with Crippen molar-refractivity contribution in [3.63, 3.8) is 0 Å². The maximum Gasteiger partial charge on any atom is 0.309 e. The molecule has 0 bridgehead atoms. The fraction of sp³-hybridized carbons (Fsp3) is 0.115. The van der Waals surface area contributed by atoms with E-state index in [1.165, 1.54) is 19.3 Å². The predicted octanol–water partition coefficient (Wildman–Crippen LogP) is 2.10. The first kappa shape index (κ1) is 26.5. The molecule has 0 saturated carbocycles. The molecule has 0 aromatic heterocycles. The van der Waals surface area contributed by atoms with E-state index in [2.05, 4.69) is 10.8 Å². The van der Waals surface area contributed by atoms with Crippen LogP contribution in [0.5, 0.6) is 0 Å². The molecule has 0 fully saturated rings. The van der Waals surface area contributed by atoms with Crippen LogP contribution in [0.3, 0.4) is 0 Å². The van der Waals surface area contributed by atoms with Crippen LogP contribution in [-0.2, 0) is 29.2 Å². The minimum atomic E-state index is -3.94. The van der Waals surface area contributed by atoms with Gasteiger partial charge in [-0.3, -0.25) is 25.3 Å². The molecule has 7 N–H and O–H groups in total. The number of primary sulfonamides is 1. The van der Waals surface area contributed by atoms with E-state index in [1.807, 2.05) is 0 Å². The average molecular weight is 536 g/mol. The van der Waals surface area contributed by atoms with Gasteiger partial charge in [0, 0.05) is 22.4 Å². The maximum absolute atomic E-state index is 13.4. The van der Waals surface area contributed by atoms with Crippen LogP contribution >= 0.6 is 0 Å². The summed E-state index contributed by atoms with van der Waals surface area (Å²) in [5.74, 6) is -1.45. The number of ether oxygens (including phenoxy) is 1. The number of anilines is 1. The molecule has 0 radical (unpaired) electrons. The molecular formula is C26H25N5O6S. The van der Waals surface area contributed by atoms with Gasteiger partial charge in [0.25, 0.3) is 5.91 Å². The second-order valence-corrected chi connectivity index (χ2v) is 10.0. The maximum atomic E-state index is 13.4. The quantitative estimate of drug-likeness (QED) is 0.165. The van der Waals surface area contributed by atoms with Crippen molar-refractivity contribution in [1.82, 2.24) is 5.48 Å². The van der Waals surface area contributed by atoms with Gasteiger partial charge >= 0.3 is 5.97 Å². The van der Waals surface area contributed by atoms with E-state index in [4.69, 9.17) is 25.9 Å². The van der Waals surface area contributed by atoms with Gasteiger partial charge in [-0.15, -0.1) is 0 Å². The third kappa shape index (κ3) is 5.57. The van der Waals surface area contributed by atoms with E-state index in [1.54, 1.807) is 66.7 Å². The normalized spacial score (nSPS) is 16.7. The number of nitrogens with two attached hydrogens (primary N) is 2. The van der Waals surface area contributed by atoms with Crippen molar-refractivity contribution in [1.29, 1.82) is 5.41 Å². The Labute approximate surface area is 218 Å². The summed E-state index contributed by atoms with van der Waals surface area (Å²) in [5, 5.41) is 15.7. The SMILES string of the molecule is COC(=O)CC1(C(=O)Nc2ccc(-c3ccccc3S(N)(=O)=O)cc2)C=C(c2cccc(C(=N)N)c2)NO1. The molecule has 0 saturated heterocycles. The highest BCUT2D eigenvalue weighted by Gasteiger charge is 2.45. The highest BCUT2D eigenvalue weighted by atomic mass is 32.2. The van der Waals surface area contributed by atoms with Gasteiger partial charge in [-0.1, -0.05) is 48.5 Å². The molecule has 1 aliphatic rings. The second kappa shape index (κ2) is 10.5. The van der Waals surface area contributed by atoms with Gasteiger partial charge in [-0.2, -0.15) is 0 Å². The molecule has 12 heteroatoms. The molecule has 1 amide bonds. The Morgan fingerprint density at radius 1 is 1.05 bits per heavy atom. The number of hydroxylamine groups is 1. The molecule has 1 heterocycles. The molecule has 1 aliphatic heterocycles. The van der Waals surface area contributed by atoms with Crippen LogP contribution in [-0.4, -0.2) is 38.8 Å². The molecule has 3 aromatic rings. The molecule has 1 atom stereocenters. The third-order valence-corrected chi connectivity index (χ3v) is 6.84. The Kier molecular flexibility index (Phi) is 7.30. The molecular weight excluding hydrogens is 510 g/mol. The molecule has 38 heavy (non-hydrogen) atoms. The number of benzene rings is 3. The molecule has 1 unspecified atom stereocenters. The van der Waals surface area contributed by atoms with Gasteiger partial charge in [0.1, 0.15) is 5.84 Å². The van der Waals surface area contributed by atoms with E-state index < -0.39 is 33.9 Å². The number of methoxy groups -OCH3 is 1. The van der Waals surface area contributed by atoms with Crippen LogP contribution in [0.4, 0.5) is 5.69 Å². The van der Waals surface area contributed by atoms with Gasteiger partial charge < -0.3 is 15.8 Å². The number of amides is 1. The average Bonchev–Trinajstić information content (AvgIpc) is 3.34. The Bertz CT molecular complexity index is 1550. The minimum absolute atomic E-state index is 0.0224. The number of carbonyl (C=O) groups excluding carboxylic acids is 2. The van der Waals surface area contributed by atoms with E-state index in [0.717, 1.165) is 0 Å². The fourth-order valence-electron chi connectivity index (χ4n) is 3.92. The highest BCUT2D eigenvalue weighted by Crippen LogP contribution is 2.32. The van der Waals surface area contributed by atoms with Crippen molar-refractivity contribution in [2.45, 2.75) is 16.9 Å². The first-order chi connectivity index (χ1) is 18.0. The van der Waals surface area contributed by atoms with Crippen molar-refractivity contribution in [3.05, 3.63) is 90.0 Å². The first-order valence-corrected chi connectivity index (χ1v) is 12.8. The van der Waals surface area contributed by atoms with Crippen molar-refractivity contribution in [2.24, 2.45) is 10.9 Å². The first-order valence-electron chi connectivity index (χ1n) is 11.2. The van der Waals surface area contributed by atoms with Crippen molar-refractivity contribution >= 4 is 39.1 Å². The smallest absolute Gasteiger partial charge is 0.309 e. The number of amidine groups is 1. The van der Waals surface area contributed by atoms with Gasteiger partial charge in [-0.05, 0) is 35.9 Å². The van der Waals surface area contributed by atoms with Gasteiger partial charge in [0.15, 0.2) is 0 Å². The van der Waals surface area contributed by atoms with Crippen LogP contribution in [0, 0.1) is 5.41 Å². The number of nitrogens with one attached hydrogen (secondary N) is 3. The summed E-state index contributed by atoms with van der Waals surface area (Å²) in [7, 11) is -2.74. The van der Waals surface area contributed by atoms with Crippen LogP contribution < -0.4 is 21.7 Å². The number of nitrogen functional groups attached to an aromatic ring is 1. The van der Waals surface area contributed by atoms with Crippen LogP contribution in [0.1, 0.15) is 17.5 Å². The summed E-state index contributed by atoms with van der Waals surface area (Å²) in [6.45, 7) is 0. The third-order valence-electron chi connectivity index (χ3n) is 5.87. The summed E-state index contributed by atoms with van der Waals surface area (Å²) in [5.41, 5.74) is 9.36. The fourth-order valence-corrected chi connectivity index (χ4v) is 4.68. The summed E-state index contributed by atoms with van der Waals surface area (Å²) < 4.78 is 28.7. The van der Waals surface area contributed by atoms with E-state index in [-0.39, 0.29) is 10.7 Å². The summed E-state index contributed by atoms with van der Waals surface area (Å²) in [6, 6.07) is 19.5. The van der Waals surface area contributed by atoms with Gasteiger partial charge in [0.05, 0.1) is 24.1 Å². The van der Waals surface area contributed by atoms with Crippen molar-refractivity contribution < 1.29 is 27.6 Å². The Balaban J connectivity index is 1.62. The lowest BCUT2D eigenvalue weighted by molar-refractivity contribution is -0.154. The van der Waals surface area contributed by atoms with E-state index >= 15 is 0 Å². The van der Waals surface area contributed by atoms with Crippen LogP contribution in [0.15, 0.2) is 83.8 Å². The monoisotopic (exact) mass is 535 g/mol.